The quantitative estimate of drug-likeness (QED) is 0.600. The van der Waals surface area contributed by atoms with Gasteiger partial charge in [-0.1, -0.05) is 0 Å². The SMILES string of the molecule is COC(=O)c1ccc(OC[C@@H]2C[C@@H](Cl)CN2C(=O)OC(C)(C)C)cc1. The van der Waals surface area contributed by atoms with Crippen molar-refractivity contribution in [3.63, 3.8) is 0 Å². The normalized spacial score (nSPS) is 20.3. The second-order valence-corrected chi connectivity index (χ2v) is 7.56. The molecule has 25 heavy (non-hydrogen) atoms. The molecule has 0 aromatic heterocycles. The van der Waals surface area contributed by atoms with Crippen molar-refractivity contribution in [3.8, 4) is 5.75 Å². The van der Waals surface area contributed by atoms with Crippen LogP contribution in [0.2, 0.25) is 0 Å². The maximum absolute atomic E-state index is 12.3. The first kappa shape index (κ1) is 19.4. The summed E-state index contributed by atoms with van der Waals surface area (Å²) >= 11 is 6.21. The second-order valence-electron chi connectivity index (χ2n) is 6.95. The molecule has 1 aliphatic heterocycles. The van der Waals surface area contributed by atoms with E-state index in [1.807, 2.05) is 20.8 Å². The molecule has 0 unspecified atom stereocenters. The first-order chi connectivity index (χ1) is 11.7. The van der Waals surface area contributed by atoms with Crippen LogP contribution in [0.4, 0.5) is 4.79 Å². The molecule has 0 saturated carbocycles. The van der Waals surface area contributed by atoms with E-state index in [1.54, 1.807) is 29.2 Å². The summed E-state index contributed by atoms with van der Waals surface area (Å²) in [4.78, 5) is 25.4. The Morgan fingerprint density at radius 2 is 1.88 bits per heavy atom. The van der Waals surface area contributed by atoms with Gasteiger partial charge in [0.05, 0.1) is 24.1 Å². The first-order valence-corrected chi connectivity index (χ1v) is 8.58. The number of esters is 1. The van der Waals surface area contributed by atoms with Crippen LogP contribution in [0.1, 0.15) is 37.6 Å². The molecular formula is C18H24ClNO5. The number of alkyl halides is 1. The van der Waals surface area contributed by atoms with E-state index in [4.69, 9.17) is 21.1 Å². The lowest BCUT2D eigenvalue weighted by molar-refractivity contribution is 0.0187. The van der Waals surface area contributed by atoms with Crippen LogP contribution in [-0.2, 0) is 9.47 Å². The zero-order valence-electron chi connectivity index (χ0n) is 15.0. The van der Waals surface area contributed by atoms with Gasteiger partial charge in [0.2, 0.25) is 0 Å². The van der Waals surface area contributed by atoms with E-state index in [0.717, 1.165) is 0 Å². The van der Waals surface area contributed by atoms with E-state index in [1.165, 1.54) is 7.11 Å². The van der Waals surface area contributed by atoms with Crippen LogP contribution in [0.15, 0.2) is 24.3 Å². The molecule has 0 N–H and O–H groups in total. The van der Waals surface area contributed by atoms with E-state index in [2.05, 4.69) is 4.74 Å². The molecule has 1 aromatic rings. The largest absolute Gasteiger partial charge is 0.491 e. The monoisotopic (exact) mass is 369 g/mol. The van der Waals surface area contributed by atoms with Crippen molar-refractivity contribution in [1.82, 2.24) is 4.90 Å². The van der Waals surface area contributed by atoms with Crippen LogP contribution >= 0.6 is 11.6 Å². The highest BCUT2D eigenvalue weighted by molar-refractivity contribution is 6.21. The Morgan fingerprint density at radius 1 is 1.24 bits per heavy atom. The van der Waals surface area contributed by atoms with Crippen molar-refractivity contribution < 1.29 is 23.8 Å². The lowest BCUT2D eigenvalue weighted by Crippen LogP contribution is -2.42. The minimum atomic E-state index is -0.559. The Labute approximate surface area is 153 Å². The van der Waals surface area contributed by atoms with Gasteiger partial charge in [-0.05, 0) is 51.5 Å². The summed E-state index contributed by atoms with van der Waals surface area (Å²) in [5.74, 6) is 0.207. The lowest BCUT2D eigenvalue weighted by atomic mass is 10.2. The minimum absolute atomic E-state index is 0.122. The Bertz CT molecular complexity index is 611. The molecule has 7 heteroatoms. The van der Waals surface area contributed by atoms with E-state index in [0.29, 0.717) is 30.9 Å². The number of carbonyl (C=O) groups excluding carboxylic acids is 2. The van der Waals surface area contributed by atoms with Gasteiger partial charge in [0.25, 0.3) is 0 Å². The first-order valence-electron chi connectivity index (χ1n) is 8.14. The summed E-state index contributed by atoms with van der Waals surface area (Å²) in [6, 6.07) is 6.49. The van der Waals surface area contributed by atoms with Gasteiger partial charge in [-0.2, -0.15) is 0 Å². The number of carbonyl (C=O) groups is 2. The van der Waals surface area contributed by atoms with Crippen LogP contribution in [-0.4, -0.2) is 54.2 Å². The van der Waals surface area contributed by atoms with Crippen molar-refractivity contribution in [3.05, 3.63) is 29.8 Å². The maximum atomic E-state index is 12.3. The van der Waals surface area contributed by atoms with Crippen molar-refractivity contribution in [2.24, 2.45) is 0 Å². The maximum Gasteiger partial charge on any atom is 0.410 e. The minimum Gasteiger partial charge on any atom is -0.491 e. The van der Waals surface area contributed by atoms with E-state index >= 15 is 0 Å². The van der Waals surface area contributed by atoms with Gasteiger partial charge < -0.3 is 19.1 Å². The van der Waals surface area contributed by atoms with Crippen LogP contribution in [0.5, 0.6) is 5.75 Å². The standard InChI is InChI=1S/C18H24ClNO5/c1-18(2,3)25-17(22)20-10-13(19)9-14(20)11-24-15-7-5-12(6-8-15)16(21)23-4/h5-8,13-14H,9-11H2,1-4H3/t13-,14+/m1/s1. The van der Waals surface area contributed by atoms with Gasteiger partial charge in [0.1, 0.15) is 18.0 Å². The Balaban J connectivity index is 1.96. The molecule has 0 bridgehead atoms. The molecule has 1 fully saturated rings. The molecule has 1 aliphatic rings. The molecule has 2 atom stereocenters. The number of hydrogen-bond acceptors (Lipinski definition) is 5. The fourth-order valence-electron chi connectivity index (χ4n) is 2.56. The summed E-state index contributed by atoms with van der Waals surface area (Å²) in [7, 11) is 1.33. The van der Waals surface area contributed by atoms with Gasteiger partial charge >= 0.3 is 12.1 Å². The average molecular weight is 370 g/mol. The third kappa shape index (κ3) is 5.53. The molecule has 2 rings (SSSR count). The molecule has 1 heterocycles. The predicted molar refractivity (Wildman–Crippen MR) is 94.3 cm³/mol. The van der Waals surface area contributed by atoms with Crippen LogP contribution in [0, 0.1) is 0 Å². The summed E-state index contributed by atoms with van der Waals surface area (Å²) in [6.45, 7) is 6.22. The average Bonchev–Trinajstić information content (AvgIpc) is 2.92. The van der Waals surface area contributed by atoms with Gasteiger partial charge in [-0.25, -0.2) is 9.59 Å². The summed E-state index contributed by atoms with van der Waals surface area (Å²) in [5, 5.41) is -0.122. The number of benzene rings is 1. The number of halogens is 1. The number of rotatable bonds is 4. The molecule has 1 saturated heterocycles. The van der Waals surface area contributed by atoms with E-state index in [-0.39, 0.29) is 17.5 Å². The van der Waals surface area contributed by atoms with Gasteiger partial charge in [-0.15, -0.1) is 11.6 Å². The molecule has 6 nitrogen and oxygen atoms in total. The number of ether oxygens (including phenoxy) is 3. The number of amides is 1. The Kier molecular flexibility index (Phi) is 6.16. The molecular weight excluding hydrogens is 346 g/mol. The number of likely N-dealkylation sites (tertiary alicyclic amines) is 1. The Hall–Kier alpha value is -1.95. The van der Waals surface area contributed by atoms with Crippen LogP contribution in [0.3, 0.4) is 0 Å². The molecule has 1 aromatic carbocycles. The van der Waals surface area contributed by atoms with Crippen LogP contribution in [0.25, 0.3) is 0 Å². The molecule has 0 aliphatic carbocycles. The zero-order valence-corrected chi connectivity index (χ0v) is 15.7. The topological polar surface area (TPSA) is 65.1 Å². The van der Waals surface area contributed by atoms with Gasteiger partial charge in [-0.3, -0.25) is 0 Å². The predicted octanol–water partition coefficient (Wildman–Crippen LogP) is 3.47. The second kappa shape index (κ2) is 7.95. The molecule has 0 radical (unpaired) electrons. The van der Waals surface area contributed by atoms with Crippen LogP contribution < -0.4 is 4.74 Å². The molecule has 1 amide bonds. The highest BCUT2D eigenvalue weighted by Gasteiger charge is 2.37. The van der Waals surface area contributed by atoms with Crippen molar-refractivity contribution >= 4 is 23.7 Å². The molecule has 138 valence electrons. The lowest BCUT2D eigenvalue weighted by Gasteiger charge is -2.28. The highest BCUT2D eigenvalue weighted by Crippen LogP contribution is 2.25. The fraction of sp³-hybridized carbons (Fsp3) is 0.556. The zero-order chi connectivity index (χ0) is 18.6. The van der Waals surface area contributed by atoms with Crippen molar-refractivity contribution in [1.29, 1.82) is 0 Å². The summed E-state index contributed by atoms with van der Waals surface area (Å²) in [5.41, 5.74) is -0.108. The third-order valence-corrected chi connectivity index (χ3v) is 4.03. The number of nitrogens with zero attached hydrogens (tertiary/aromatic N) is 1. The number of methoxy groups -OCH3 is 1. The Morgan fingerprint density at radius 3 is 2.44 bits per heavy atom. The fourth-order valence-corrected chi connectivity index (χ4v) is 2.91. The third-order valence-electron chi connectivity index (χ3n) is 3.71. The van der Waals surface area contributed by atoms with Gasteiger partial charge in [0, 0.05) is 6.54 Å². The van der Waals surface area contributed by atoms with E-state index in [9.17, 15) is 9.59 Å². The smallest absolute Gasteiger partial charge is 0.410 e. The van der Waals surface area contributed by atoms with Crippen molar-refractivity contribution in [2.75, 3.05) is 20.3 Å². The summed E-state index contributed by atoms with van der Waals surface area (Å²) < 4.78 is 15.8. The molecule has 0 spiro atoms. The van der Waals surface area contributed by atoms with E-state index < -0.39 is 11.6 Å². The van der Waals surface area contributed by atoms with Gasteiger partial charge in [0.15, 0.2) is 0 Å². The number of hydrogen-bond donors (Lipinski definition) is 0. The van der Waals surface area contributed by atoms with Crippen molar-refractivity contribution in [2.45, 2.75) is 44.2 Å². The summed E-state index contributed by atoms with van der Waals surface area (Å²) in [6.07, 6.45) is 0.256. The highest BCUT2D eigenvalue weighted by atomic mass is 35.5.